The van der Waals surface area contributed by atoms with E-state index in [0.29, 0.717) is 23.9 Å². The number of aliphatic imine (C=N–C) groups is 1. The minimum absolute atomic E-state index is 0. The second-order valence-corrected chi connectivity index (χ2v) is 7.15. The van der Waals surface area contributed by atoms with Crippen molar-refractivity contribution in [2.45, 2.75) is 19.8 Å². The molecule has 4 N–H and O–H groups in total. The van der Waals surface area contributed by atoms with Gasteiger partial charge >= 0.3 is 0 Å². The molecule has 8 heteroatoms. The zero-order valence-electron chi connectivity index (χ0n) is 17.1. The molecule has 0 atom stereocenters. The second-order valence-electron chi connectivity index (χ2n) is 6.75. The Morgan fingerprint density at radius 2 is 1.87 bits per heavy atom. The van der Waals surface area contributed by atoms with Gasteiger partial charge in [-0.2, -0.15) is 0 Å². The van der Waals surface area contributed by atoms with E-state index in [-0.39, 0.29) is 29.9 Å². The molecule has 0 aliphatic carbocycles. The van der Waals surface area contributed by atoms with Crippen molar-refractivity contribution in [2.24, 2.45) is 4.99 Å². The van der Waals surface area contributed by atoms with Crippen LogP contribution >= 0.6 is 35.6 Å². The van der Waals surface area contributed by atoms with Gasteiger partial charge in [-0.3, -0.25) is 9.79 Å². The van der Waals surface area contributed by atoms with Gasteiger partial charge in [0.1, 0.15) is 0 Å². The normalized spacial score (nSPS) is 11.1. The predicted octanol–water partition coefficient (Wildman–Crippen LogP) is 4.48. The molecule has 30 heavy (non-hydrogen) atoms. The standard InChI is InChI=1S/C22H26ClN5O.HI/c1-15-18(23)7-5-9-19(15)28-21(29)11-13-26-22(24-2)25-12-10-16-14-27-20-8-4-3-6-17(16)20;/h3-9,14,27H,10-13H2,1-2H3,(H,28,29)(H2,24,25,26);1H. The molecular formula is C22H27ClIN5O. The maximum absolute atomic E-state index is 12.2. The van der Waals surface area contributed by atoms with Crippen LogP contribution in [0.5, 0.6) is 0 Å². The Morgan fingerprint density at radius 3 is 2.67 bits per heavy atom. The first-order valence-corrected chi connectivity index (χ1v) is 10.0. The molecule has 0 aliphatic rings. The topological polar surface area (TPSA) is 81.3 Å². The summed E-state index contributed by atoms with van der Waals surface area (Å²) in [5.74, 6) is 0.605. The fraction of sp³-hybridized carbons (Fsp3) is 0.273. The van der Waals surface area contributed by atoms with E-state index in [9.17, 15) is 4.79 Å². The van der Waals surface area contributed by atoms with Crippen LogP contribution in [0.15, 0.2) is 53.7 Å². The molecule has 0 radical (unpaired) electrons. The third kappa shape index (κ3) is 6.37. The molecule has 0 aliphatic heterocycles. The van der Waals surface area contributed by atoms with E-state index in [1.54, 1.807) is 13.1 Å². The first kappa shape index (κ1) is 24.0. The van der Waals surface area contributed by atoms with E-state index in [0.717, 1.165) is 29.7 Å². The van der Waals surface area contributed by atoms with Gasteiger partial charge in [0.25, 0.3) is 0 Å². The fourth-order valence-electron chi connectivity index (χ4n) is 3.12. The lowest BCUT2D eigenvalue weighted by molar-refractivity contribution is -0.116. The van der Waals surface area contributed by atoms with Crippen molar-refractivity contribution in [2.75, 3.05) is 25.5 Å². The van der Waals surface area contributed by atoms with E-state index >= 15 is 0 Å². The number of para-hydroxylation sites is 1. The van der Waals surface area contributed by atoms with Crippen LogP contribution in [-0.4, -0.2) is 37.0 Å². The highest BCUT2D eigenvalue weighted by Crippen LogP contribution is 2.23. The smallest absolute Gasteiger partial charge is 0.226 e. The van der Waals surface area contributed by atoms with Gasteiger partial charge in [-0.05, 0) is 42.7 Å². The maximum Gasteiger partial charge on any atom is 0.226 e. The number of fused-ring (bicyclic) bond motifs is 1. The minimum atomic E-state index is -0.0721. The van der Waals surface area contributed by atoms with Gasteiger partial charge in [-0.25, -0.2) is 0 Å². The molecule has 6 nitrogen and oxygen atoms in total. The third-order valence-electron chi connectivity index (χ3n) is 4.77. The number of guanidine groups is 1. The largest absolute Gasteiger partial charge is 0.361 e. The first-order chi connectivity index (χ1) is 14.1. The van der Waals surface area contributed by atoms with Crippen LogP contribution in [0.3, 0.4) is 0 Å². The number of carbonyl (C=O) groups excluding carboxylic acids is 1. The number of benzene rings is 2. The summed E-state index contributed by atoms with van der Waals surface area (Å²) in [4.78, 5) is 19.7. The highest BCUT2D eigenvalue weighted by Gasteiger charge is 2.08. The lowest BCUT2D eigenvalue weighted by Crippen LogP contribution is -2.39. The number of nitrogens with one attached hydrogen (secondary N) is 4. The van der Waals surface area contributed by atoms with Gasteiger partial charge in [0, 0.05) is 54.4 Å². The third-order valence-corrected chi connectivity index (χ3v) is 5.18. The summed E-state index contributed by atoms with van der Waals surface area (Å²) in [6.07, 6.45) is 3.25. The van der Waals surface area contributed by atoms with Crippen LogP contribution in [0.25, 0.3) is 10.9 Å². The van der Waals surface area contributed by atoms with E-state index in [1.165, 1.54) is 10.9 Å². The average molecular weight is 540 g/mol. The second kappa shape index (κ2) is 11.8. The van der Waals surface area contributed by atoms with E-state index in [1.807, 2.05) is 37.4 Å². The molecule has 1 amide bonds. The van der Waals surface area contributed by atoms with Crippen LogP contribution in [0.1, 0.15) is 17.5 Å². The van der Waals surface area contributed by atoms with Gasteiger partial charge in [-0.1, -0.05) is 35.9 Å². The van der Waals surface area contributed by atoms with Crippen molar-refractivity contribution in [3.05, 3.63) is 64.8 Å². The molecular weight excluding hydrogens is 513 g/mol. The van der Waals surface area contributed by atoms with Gasteiger partial charge in [0.2, 0.25) is 5.91 Å². The van der Waals surface area contributed by atoms with Crippen LogP contribution in [0.2, 0.25) is 5.02 Å². The number of carbonyl (C=O) groups is 1. The van der Waals surface area contributed by atoms with Crippen molar-refractivity contribution in [1.29, 1.82) is 0 Å². The maximum atomic E-state index is 12.2. The first-order valence-electron chi connectivity index (χ1n) is 9.63. The van der Waals surface area contributed by atoms with Crippen molar-refractivity contribution in [3.63, 3.8) is 0 Å². The summed E-state index contributed by atoms with van der Waals surface area (Å²) < 4.78 is 0. The van der Waals surface area contributed by atoms with Crippen molar-refractivity contribution in [1.82, 2.24) is 15.6 Å². The highest BCUT2D eigenvalue weighted by molar-refractivity contribution is 14.0. The zero-order valence-corrected chi connectivity index (χ0v) is 20.2. The number of aromatic nitrogens is 1. The summed E-state index contributed by atoms with van der Waals surface area (Å²) in [6, 6.07) is 13.7. The predicted molar refractivity (Wildman–Crippen MR) is 136 cm³/mol. The van der Waals surface area contributed by atoms with Crippen molar-refractivity contribution in [3.8, 4) is 0 Å². The number of amides is 1. The van der Waals surface area contributed by atoms with Gasteiger partial charge in [0.15, 0.2) is 5.96 Å². The highest BCUT2D eigenvalue weighted by atomic mass is 127. The molecule has 2 aromatic carbocycles. The Labute approximate surface area is 198 Å². The Kier molecular flexibility index (Phi) is 9.45. The number of hydrogen-bond acceptors (Lipinski definition) is 2. The molecule has 1 aromatic heterocycles. The Morgan fingerprint density at radius 1 is 1.10 bits per heavy atom. The van der Waals surface area contributed by atoms with E-state index in [4.69, 9.17) is 11.6 Å². The van der Waals surface area contributed by atoms with Crippen molar-refractivity contribution < 1.29 is 4.79 Å². The Bertz CT molecular complexity index is 1020. The fourth-order valence-corrected chi connectivity index (χ4v) is 3.30. The molecule has 0 bridgehead atoms. The van der Waals surface area contributed by atoms with Crippen molar-refractivity contribution >= 4 is 64.0 Å². The lowest BCUT2D eigenvalue weighted by atomic mass is 10.1. The molecule has 0 fully saturated rings. The summed E-state index contributed by atoms with van der Waals surface area (Å²) >= 11 is 6.09. The van der Waals surface area contributed by atoms with Crippen LogP contribution in [0, 0.1) is 6.92 Å². The Balaban J connectivity index is 0.00000320. The monoisotopic (exact) mass is 539 g/mol. The molecule has 1 heterocycles. The van der Waals surface area contributed by atoms with Gasteiger partial charge in [-0.15, -0.1) is 24.0 Å². The van der Waals surface area contributed by atoms with E-state index < -0.39 is 0 Å². The SMILES string of the molecule is CN=C(NCCC(=O)Nc1cccc(Cl)c1C)NCCc1c[nH]c2ccccc12.I. The average Bonchev–Trinajstić information content (AvgIpc) is 3.13. The van der Waals surface area contributed by atoms with Crippen LogP contribution in [0.4, 0.5) is 5.69 Å². The number of anilines is 1. The number of H-pyrrole nitrogens is 1. The van der Waals surface area contributed by atoms with E-state index in [2.05, 4.69) is 38.1 Å². The number of nitrogens with zero attached hydrogens (tertiary/aromatic N) is 1. The van der Waals surface area contributed by atoms with Gasteiger partial charge in [0.05, 0.1) is 0 Å². The molecule has 0 saturated carbocycles. The number of hydrogen-bond donors (Lipinski definition) is 4. The summed E-state index contributed by atoms with van der Waals surface area (Å²) in [6.45, 7) is 3.11. The molecule has 0 saturated heterocycles. The van der Waals surface area contributed by atoms with Crippen LogP contribution < -0.4 is 16.0 Å². The quantitative estimate of drug-likeness (QED) is 0.203. The molecule has 3 aromatic rings. The van der Waals surface area contributed by atoms with Crippen LogP contribution in [-0.2, 0) is 11.2 Å². The summed E-state index contributed by atoms with van der Waals surface area (Å²) in [5, 5.41) is 11.2. The Hall–Kier alpha value is -2.26. The number of halogens is 2. The minimum Gasteiger partial charge on any atom is -0.361 e. The number of aromatic amines is 1. The lowest BCUT2D eigenvalue weighted by Gasteiger charge is -2.12. The number of rotatable bonds is 7. The summed E-state index contributed by atoms with van der Waals surface area (Å²) in [5.41, 5.74) is 4.01. The zero-order chi connectivity index (χ0) is 20.6. The van der Waals surface area contributed by atoms with Gasteiger partial charge < -0.3 is 20.9 Å². The molecule has 0 unspecified atom stereocenters. The summed E-state index contributed by atoms with van der Waals surface area (Å²) in [7, 11) is 1.72. The molecule has 3 rings (SSSR count). The molecule has 0 spiro atoms. The molecule has 160 valence electrons.